The van der Waals surface area contributed by atoms with Crippen molar-refractivity contribution in [1.29, 1.82) is 0 Å². The van der Waals surface area contributed by atoms with Crippen LogP contribution >= 0.6 is 0 Å². The SMILES string of the molecule is CCOC(=O)C1=C(COC(=O)[C@@H]2Cc3ccccc3C(=O)O2)NC(=O)N[C@@H]1CC. The molecule has 29 heavy (non-hydrogen) atoms. The molecule has 0 unspecified atom stereocenters. The van der Waals surface area contributed by atoms with Crippen molar-refractivity contribution in [3.63, 3.8) is 0 Å². The second kappa shape index (κ2) is 8.76. The zero-order valence-electron chi connectivity index (χ0n) is 16.2. The van der Waals surface area contributed by atoms with Crippen molar-refractivity contribution in [1.82, 2.24) is 10.6 Å². The highest BCUT2D eigenvalue weighted by molar-refractivity contribution is 5.96. The molecule has 9 nitrogen and oxygen atoms in total. The highest BCUT2D eigenvalue weighted by Crippen LogP contribution is 2.22. The van der Waals surface area contributed by atoms with Crippen LogP contribution in [0.3, 0.4) is 0 Å². The van der Waals surface area contributed by atoms with Gasteiger partial charge in [0.05, 0.1) is 29.5 Å². The van der Waals surface area contributed by atoms with Gasteiger partial charge in [0.15, 0.2) is 0 Å². The van der Waals surface area contributed by atoms with Crippen LogP contribution in [-0.2, 0) is 30.2 Å². The van der Waals surface area contributed by atoms with Crippen LogP contribution in [0.15, 0.2) is 35.5 Å². The number of carbonyl (C=O) groups excluding carboxylic acids is 4. The second-order valence-electron chi connectivity index (χ2n) is 6.53. The molecule has 0 fully saturated rings. The highest BCUT2D eigenvalue weighted by atomic mass is 16.6. The average Bonchev–Trinajstić information content (AvgIpc) is 2.71. The lowest BCUT2D eigenvalue weighted by Gasteiger charge is -2.28. The topological polar surface area (TPSA) is 120 Å². The molecule has 0 saturated carbocycles. The van der Waals surface area contributed by atoms with Gasteiger partial charge in [-0.15, -0.1) is 0 Å². The van der Waals surface area contributed by atoms with Gasteiger partial charge in [0.25, 0.3) is 0 Å². The number of benzene rings is 1. The van der Waals surface area contributed by atoms with Crippen LogP contribution in [-0.4, -0.2) is 49.3 Å². The first kappa shape index (κ1) is 20.4. The maximum Gasteiger partial charge on any atom is 0.348 e. The standard InChI is InChI=1S/C20H22N2O7/c1-3-13-16(19(25)27-4-2)14(22-20(26)21-13)10-28-18(24)15-9-11-7-5-6-8-12(11)17(23)29-15/h5-8,13,15H,3-4,9-10H2,1-2H3,(H2,21,22,26)/t13-,15+/m1/s1. The first-order valence-corrected chi connectivity index (χ1v) is 9.37. The predicted molar refractivity (Wildman–Crippen MR) is 99.7 cm³/mol. The molecular weight excluding hydrogens is 380 g/mol. The van der Waals surface area contributed by atoms with E-state index in [0.717, 1.165) is 0 Å². The summed E-state index contributed by atoms with van der Waals surface area (Å²) in [5.74, 6) is -1.96. The lowest BCUT2D eigenvalue weighted by Crippen LogP contribution is -2.51. The Morgan fingerprint density at radius 1 is 1.17 bits per heavy atom. The number of nitrogens with one attached hydrogen (secondary N) is 2. The lowest BCUT2D eigenvalue weighted by molar-refractivity contribution is -0.153. The summed E-state index contributed by atoms with van der Waals surface area (Å²) in [7, 11) is 0. The van der Waals surface area contributed by atoms with E-state index in [9.17, 15) is 19.2 Å². The number of carbonyl (C=O) groups is 4. The fraction of sp³-hybridized carbons (Fsp3) is 0.400. The van der Waals surface area contributed by atoms with Crippen molar-refractivity contribution < 1.29 is 33.4 Å². The van der Waals surface area contributed by atoms with E-state index in [1.807, 2.05) is 0 Å². The molecule has 1 aromatic rings. The van der Waals surface area contributed by atoms with E-state index in [4.69, 9.17) is 14.2 Å². The van der Waals surface area contributed by atoms with E-state index < -0.39 is 36.1 Å². The molecule has 3 rings (SSSR count). The number of urea groups is 1. The van der Waals surface area contributed by atoms with Crippen LogP contribution in [0.2, 0.25) is 0 Å². The van der Waals surface area contributed by atoms with Gasteiger partial charge in [0, 0.05) is 6.42 Å². The average molecular weight is 402 g/mol. The van der Waals surface area contributed by atoms with Crippen LogP contribution in [0.1, 0.15) is 36.2 Å². The molecule has 2 atom stereocenters. The van der Waals surface area contributed by atoms with Gasteiger partial charge in [-0.25, -0.2) is 19.2 Å². The number of esters is 3. The number of cyclic esters (lactones) is 1. The zero-order valence-corrected chi connectivity index (χ0v) is 16.2. The predicted octanol–water partition coefficient (Wildman–Crippen LogP) is 1.22. The number of fused-ring (bicyclic) bond motifs is 1. The van der Waals surface area contributed by atoms with E-state index in [1.54, 1.807) is 38.1 Å². The number of ether oxygens (including phenoxy) is 3. The molecular formula is C20H22N2O7. The first-order chi connectivity index (χ1) is 13.9. The zero-order chi connectivity index (χ0) is 21.0. The summed E-state index contributed by atoms with van der Waals surface area (Å²) >= 11 is 0. The molecule has 2 aliphatic heterocycles. The quantitative estimate of drug-likeness (QED) is 0.542. The summed E-state index contributed by atoms with van der Waals surface area (Å²) in [6.07, 6.45) is -0.449. The van der Waals surface area contributed by atoms with E-state index in [-0.39, 0.29) is 30.9 Å². The maximum absolute atomic E-state index is 12.5. The molecule has 2 N–H and O–H groups in total. The van der Waals surface area contributed by atoms with Crippen LogP contribution in [0.4, 0.5) is 4.79 Å². The van der Waals surface area contributed by atoms with Crippen molar-refractivity contribution in [2.45, 2.75) is 38.8 Å². The molecule has 2 amide bonds. The number of hydrogen-bond acceptors (Lipinski definition) is 7. The number of rotatable bonds is 6. The Bertz CT molecular complexity index is 877. The molecule has 0 saturated heterocycles. The van der Waals surface area contributed by atoms with Crippen LogP contribution in [0.5, 0.6) is 0 Å². The summed E-state index contributed by atoms with van der Waals surface area (Å²) < 4.78 is 15.5. The van der Waals surface area contributed by atoms with E-state index >= 15 is 0 Å². The fourth-order valence-electron chi connectivity index (χ4n) is 3.27. The van der Waals surface area contributed by atoms with Gasteiger partial charge >= 0.3 is 23.9 Å². The summed E-state index contributed by atoms with van der Waals surface area (Å²) in [5, 5.41) is 5.13. The van der Waals surface area contributed by atoms with Crippen molar-refractivity contribution in [3.8, 4) is 0 Å². The molecule has 0 bridgehead atoms. The summed E-state index contributed by atoms with van der Waals surface area (Å²) in [6, 6.07) is 5.80. The Kier molecular flexibility index (Phi) is 6.16. The second-order valence-corrected chi connectivity index (χ2v) is 6.53. The Labute approximate surface area is 167 Å². The van der Waals surface area contributed by atoms with E-state index in [2.05, 4.69) is 10.6 Å². The normalized spacial score (nSPS) is 20.8. The van der Waals surface area contributed by atoms with Crippen molar-refractivity contribution in [2.75, 3.05) is 13.2 Å². The van der Waals surface area contributed by atoms with Crippen LogP contribution in [0.25, 0.3) is 0 Å². The Morgan fingerprint density at radius 2 is 1.93 bits per heavy atom. The van der Waals surface area contributed by atoms with Gasteiger partial charge in [-0.3, -0.25) is 0 Å². The third kappa shape index (κ3) is 4.39. The van der Waals surface area contributed by atoms with Crippen LogP contribution in [0, 0.1) is 0 Å². The minimum atomic E-state index is -1.09. The van der Waals surface area contributed by atoms with Crippen molar-refractivity contribution >= 4 is 23.9 Å². The molecule has 9 heteroatoms. The Morgan fingerprint density at radius 3 is 2.66 bits per heavy atom. The molecule has 0 aliphatic carbocycles. The minimum Gasteiger partial charge on any atom is -0.463 e. The summed E-state index contributed by atoms with van der Waals surface area (Å²) in [5.41, 5.74) is 1.46. The maximum atomic E-state index is 12.5. The molecule has 0 aromatic heterocycles. The highest BCUT2D eigenvalue weighted by Gasteiger charge is 2.35. The van der Waals surface area contributed by atoms with Gasteiger partial charge in [0.1, 0.15) is 6.61 Å². The van der Waals surface area contributed by atoms with Gasteiger partial charge in [-0.2, -0.15) is 0 Å². The number of hydrogen-bond donors (Lipinski definition) is 2. The third-order valence-corrected chi connectivity index (χ3v) is 4.66. The fourth-order valence-corrected chi connectivity index (χ4v) is 3.27. The Balaban J connectivity index is 1.74. The van der Waals surface area contributed by atoms with Gasteiger partial charge in [-0.05, 0) is 25.0 Å². The minimum absolute atomic E-state index is 0.148. The van der Waals surface area contributed by atoms with Crippen LogP contribution < -0.4 is 10.6 Å². The lowest BCUT2D eigenvalue weighted by atomic mass is 9.98. The van der Waals surface area contributed by atoms with E-state index in [1.165, 1.54) is 0 Å². The van der Waals surface area contributed by atoms with Gasteiger partial charge < -0.3 is 24.8 Å². The monoisotopic (exact) mass is 402 g/mol. The van der Waals surface area contributed by atoms with Crippen molar-refractivity contribution in [3.05, 3.63) is 46.7 Å². The largest absolute Gasteiger partial charge is 0.463 e. The molecule has 2 aliphatic rings. The molecule has 154 valence electrons. The third-order valence-electron chi connectivity index (χ3n) is 4.66. The smallest absolute Gasteiger partial charge is 0.348 e. The van der Waals surface area contributed by atoms with E-state index in [0.29, 0.717) is 17.5 Å². The number of amides is 2. The molecule has 1 aromatic carbocycles. The molecule has 0 spiro atoms. The Hall–Kier alpha value is -3.36. The molecule has 0 radical (unpaired) electrons. The van der Waals surface area contributed by atoms with Gasteiger partial charge in [0.2, 0.25) is 6.10 Å². The van der Waals surface area contributed by atoms with Crippen molar-refractivity contribution in [2.24, 2.45) is 0 Å². The molecule has 2 heterocycles. The first-order valence-electron chi connectivity index (χ1n) is 9.37. The summed E-state index contributed by atoms with van der Waals surface area (Å²) in [6.45, 7) is 3.28. The summed E-state index contributed by atoms with van der Waals surface area (Å²) in [4.78, 5) is 48.8. The van der Waals surface area contributed by atoms with Gasteiger partial charge in [-0.1, -0.05) is 25.1 Å².